The minimum absolute atomic E-state index is 0.0428. The molecule has 1 spiro atoms. The van der Waals surface area contributed by atoms with Gasteiger partial charge in [-0.2, -0.15) is 0 Å². The van der Waals surface area contributed by atoms with Gasteiger partial charge in [-0.05, 0) is 49.8 Å². The molecule has 7 nitrogen and oxygen atoms in total. The molecule has 2 aliphatic rings. The van der Waals surface area contributed by atoms with E-state index in [0.29, 0.717) is 31.0 Å². The van der Waals surface area contributed by atoms with E-state index in [1.807, 2.05) is 0 Å². The first-order valence-corrected chi connectivity index (χ1v) is 10.2. The lowest BCUT2D eigenvalue weighted by molar-refractivity contribution is -0.133. The molecule has 31 heavy (non-hydrogen) atoms. The predicted octanol–water partition coefficient (Wildman–Crippen LogP) is 2.96. The Labute approximate surface area is 178 Å². The molecule has 1 aromatic carbocycles. The molecule has 164 valence electrons. The van der Waals surface area contributed by atoms with Gasteiger partial charge in [0.1, 0.15) is 23.0 Å². The summed E-state index contributed by atoms with van der Waals surface area (Å²) in [4.78, 5) is 28.7. The van der Waals surface area contributed by atoms with Crippen LogP contribution in [0.1, 0.15) is 36.2 Å². The van der Waals surface area contributed by atoms with Crippen LogP contribution in [0.4, 0.5) is 8.78 Å². The molecule has 0 radical (unpaired) electrons. The van der Waals surface area contributed by atoms with Gasteiger partial charge in [0.2, 0.25) is 11.8 Å². The molecule has 1 aliphatic carbocycles. The van der Waals surface area contributed by atoms with Crippen molar-refractivity contribution in [1.29, 1.82) is 0 Å². The SMILES string of the molecule is Cc1nonc1CN(C)C(=O)C1CC12CCN(C(=O)C=Cc1ccc(F)cc1F)CC2. The van der Waals surface area contributed by atoms with Crippen LogP contribution in [0.15, 0.2) is 28.9 Å². The van der Waals surface area contributed by atoms with Crippen LogP contribution in [0.5, 0.6) is 0 Å². The van der Waals surface area contributed by atoms with E-state index in [9.17, 15) is 18.4 Å². The highest BCUT2D eigenvalue weighted by atomic mass is 19.1. The molecule has 0 bridgehead atoms. The standard InChI is InChI=1S/C22H24F2N4O3/c1-14-19(26-31-25-14)13-27(2)21(30)17-12-22(17)7-9-28(10-8-22)20(29)6-4-15-3-5-16(23)11-18(15)24/h3-6,11,17H,7-10,12-13H2,1-2H3. The predicted molar refractivity (Wildman–Crippen MR) is 107 cm³/mol. The number of halogens is 2. The summed E-state index contributed by atoms with van der Waals surface area (Å²) in [5, 5.41) is 7.56. The van der Waals surface area contributed by atoms with Crippen molar-refractivity contribution < 1.29 is 23.0 Å². The summed E-state index contributed by atoms with van der Waals surface area (Å²) >= 11 is 0. The summed E-state index contributed by atoms with van der Waals surface area (Å²) in [7, 11) is 1.75. The van der Waals surface area contributed by atoms with Crippen LogP contribution in [-0.2, 0) is 16.1 Å². The Morgan fingerprint density at radius 3 is 2.68 bits per heavy atom. The fourth-order valence-corrected chi connectivity index (χ4v) is 4.29. The first-order valence-electron chi connectivity index (χ1n) is 10.2. The Morgan fingerprint density at radius 1 is 1.29 bits per heavy atom. The van der Waals surface area contributed by atoms with Gasteiger partial charge in [-0.1, -0.05) is 10.3 Å². The molecule has 2 fully saturated rings. The number of piperidine rings is 1. The van der Waals surface area contributed by atoms with E-state index in [2.05, 4.69) is 14.9 Å². The van der Waals surface area contributed by atoms with Crippen LogP contribution in [0, 0.1) is 29.9 Å². The van der Waals surface area contributed by atoms with Crippen molar-refractivity contribution >= 4 is 17.9 Å². The van der Waals surface area contributed by atoms with E-state index in [-0.39, 0.29) is 28.7 Å². The number of carbonyl (C=O) groups is 2. The lowest BCUT2D eigenvalue weighted by atomic mass is 9.90. The second kappa shape index (κ2) is 8.20. The fourth-order valence-electron chi connectivity index (χ4n) is 4.29. The van der Waals surface area contributed by atoms with E-state index < -0.39 is 11.6 Å². The van der Waals surface area contributed by atoms with Gasteiger partial charge in [0, 0.05) is 43.8 Å². The highest BCUT2D eigenvalue weighted by Crippen LogP contribution is 2.60. The number of benzene rings is 1. The third kappa shape index (κ3) is 4.35. The maximum absolute atomic E-state index is 13.7. The van der Waals surface area contributed by atoms with Crippen molar-refractivity contribution in [3.63, 3.8) is 0 Å². The smallest absolute Gasteiger partial charge is 0.246 e. The third-order valence-electron chi connectivity index (χ3n) is 6.44. The van der Waals surface area contributed by atoms with Crippen LogP contribution in [0.3, 0.4) is 0 Å². The molecule has 2 heterocycles. The molecule has 4 rings (SSSR count). The van der Waals surface area contributed by atoms with E-state index in [1.165, 1.54) is 18.2 Å². The van der Waals surface area contributed by atoms with E-state index in [1.54, 1.807) is 23.8 Å². The Kier molecular flexibility index (Phi) is 5.60. The third-order valence-corrected chi connectivity index (χ3v) is 6.44. The molecular formula is C22H24F2N4O3. The zero-order valence-corrected chi connectivity index (χ0v) is 17.5. The molecule has 2 aromatic rings. The Bertz CT molecular complexity index is 1030. The Balaban J connectivity index is 1.29. The van der Waals surface area contributed by atoms with Gasteiger partial charge in [-0.3, -0.25) is 9.59 Å². The lowest BCUT2D eigenvalue weighted by Crippen LogP contribution is -2.40. The average Bonchev–Trinajstić information content (AvgIpc) is 3.29. The molecule has 2 amide bonds. The first kappa shape index (κ1) is 21.1. The zero-order chi connectivity index (χ0) is 22.2. The molecule has 9 heteroatoms. The monoisotopic (exact) mass is 430 g/mol. The van der Waals surface area contributed by atoms with Crippen molar-refractivity contribution in [2.45, 2.75) is 32.7 Å². The molecule has 1 saturated heterocycles. The van der Waals surface area contributed by atoms with Gasteiger partial charge in [0.15, 0.2) is 0 Å². The second-order valence-electron chi connectivity index (χ2n) is 8.43. The molecule has 0 N–H and O–H groups in total. The summed E-state index contributed by atoms with van der Waals surface area (Å²) in [6.07, 6.45) is 5.01. The van der Waals surface area contributed by atoms with Crippen LogP contribution in [0.2, 0.25) is 0 Å². The first-order chi connectivity index (χ1) is 14.8. The van der Waals surface area contributed by atoms with Crippen molar-refractivity contribution in [1.82, 2.24) is 20.1 Å². The minimum Gasteiger partial charge on any atom is -0.339 e. The molecule has 1 aliphatic heterocycles. The van der Waals surface area contributed by atoms with Crippen LogP contribution in [-0.4, -0.2) is 52.1 Å². The number of nitrogens with zero attached hydrogens (tertiary/aromatic N) is 4. The van der Waals surface area contributed by atoms with Gasteiger partial charge in [0.25, 0.3) is 0 Å². The number of likely N-dealkylation sites (tertiary alicyclic amines) is 1. The summed E-state index contributed by atoms with van der Waals surface area (Å²) in [6.45, 7) is 3.24. The summed E-state index contributed by atoms with van der Waals surface area (Å²) in [5.41, 5.74) is 1.43. The van der Waals surface area contributed by atoms with Gasteiger partial charge in [-0.25, -0.2) is 13.4 Å². The second-order valence-corrected chi connectivity index (χ2v) is 8.43. The van der Waals surface area contributed by atoms with Gasteiger partial charge in [-0.15, -0.1) is 0 Å². The van der Waals surface area contributed by atoms with Gasteiger partial charge in [0.05, 0.1) is 6.54 Å². The zero-order valence-electron chi connectivity index (χ0n) is 17.5. The van der Waals surface area contributed by atoms with E-state index in [0.717, 1.165) is 31.4 Å². The highest BCUT2D eigenvalue weighted by molar-refractivity contribution is 5.92. The minimum atomic E-state index is -0.707. The van der Waals surface area contributed by atoms with Crippen molar-refractivity contribution in [3.05, 3.63) is 52.9 Å². The maximum Gasteiger partial charge on any atom is 0.246 e. The van der Waals surface area contributed by atoms with Crippen molar-refractivity contribution in [3.8, 4) is 0 Å². The van der Waals surface area contributed by atoms with Crippen molar-refractivity contribution in [2.75, 3.05) is 20.1 Å². The quantitative estimate of drug-likeness (QED) is 0.682. The topological polar surface area (TPSA) is 79.5 Å². The van der Waals surface area contributed by atoms with Crippen LogP contribution in [0.25, 0.3) is 6.08 Å². The number of rotatable bonds is 5. The summed E-state index contributed by atoms with van der Waals surface area (Å²) in [6, 6.07) is 3.24. The van der Waals surface area contributed by atoms with Crippen LogP contribution < -0.4 is 0 Å². The number of hydrogen-bond acceptors (Lipinski definition) is 5. The number of aryl methyl sites for hydroxylation is 1. The lowest BCUT2D eigenvalue weighted by Gasteiger charge is -2.32. The normalized spacial score (nSPS) is 19.7. The summed E-state index contributed by atoms with van der Waals surface area (Å²) < 4.78 is 31.4. The number of amides is 2. The Morgan fingerprint density at radius 2 is 2.03 bits per heavy atom. The molecule has 1 unspecified atom stereocenters. The number of carbonyl (C=O) groups excluding carboxylic acids is 2. The molecule has 1 atom stereocenters. The average molecular weight is 430 g/mol. The molecule has 1 saturated carbocycles. The Hall–Kier alpha value is -3.10. The maximum atomic E-state index is 13.7. The number of hydrogen-bond donors (Lipinski definition) is 0. The van der Waals surface area contributed by atoms with E-state index >= 15 is 0 Å². The molecule has 1 aromatic heterocycles. The fraction of sp³-hybridized carbons (Fsp3) is 0.455. The van der Waals surface area contributed by atoms with E-state index in [4.69, 9.17) is 0 Å². The largest absolute Gasteiger partial charge is 0.339 e. The molecular weight excluding hydrogens is 406 g/mol. The van der Waals surface area contributed by atoms with Crippen LogP contribution >= 0.6 is 0 Å². The highest BCUT2D eigenvalue weighted by Gasteiger charge is 2.59. The number of aromatic nitrogens is 2. The van der Waals surface area contributed by atoms with Gasteiger partial charge < -0.3 is 9.80 Å². The van der Waals surface area contributed by atoms with Gasteiger partial charge >= 0.3 is 0 Å². The van der Waals surface area contributed by atoms with Crippen molar-refractivity contribution in [2.24, 2.45) is 11.3 Å². The summed E-state index contributed by atoms with van der Waals surface area (Å²) in [5.74, 6) is -1.54.